The smallest absolute Gasteiger partial charge is 0.141 e. The van der Waals surface area contributed by atoms with Crippen LogP contribution in [0.4, 0.5) is 0 Å². The highest BCUT2D eigenvalue weighted by atomic mass is 15.3. The highest BCUT2D eigenvalue weighted by Gasteiger charge is 2.06. The number of unbranched alkanes of at least 4 members (excludes halogenated alkanes) is 1. The molecule has 0 aromatic rings. The Bertz CT molecular complexity index is 120. The van der Waals surface area contributed by atoms with Gasteiger partial charge in [0, 0.05) is 26.0 Å². The Balaban J connectivity index is 2.14. The van der Waals surface area contributed by atoms with E-state index in [4.69, 9.17) is 0 Å². The summed E-state index contributed by atoms with van der Waals surface area (Å²) in [6.45, 7) is 5.47. The summed E-state index contributed by atoms with van der Waals surface area (Å²) in [7, 11) is 2.04. The molecule has 0 aromatic heterocycles. The lowest BCUT2D eigenvalue weighted by Crippen LogP contribution is -2.17. The van der Waals surface area contributed by atoms with Gasteiger partial charge in [-0.15, -0.1) is 0 Å². The first-order valence-corrected chi connectivity index (χ1v) is 3.84. The summed E-state index contributed by atoms with van der Waals surface area (Å²) in [5, 5.41) is 0. The third-order valence-electron chi connectivity index (χ3n) is 1.59. The monoisotopic (exact) mass is 139 g/mol. The van der Waals surface area contributed by atoms with Gasteiger partial charge < -0.3 is 9.80 Å². The maximum absolute atomic E-state index is 2.21. The van der Waals surface area contributed by atoms with Crippen LogP contribution in [0.5, 0.6) is 0 Å². The first-order valence-electron chi connectivity index (χ1n) is 3.84. The molecule has 0 aliphatic carbocycles. The van der Waals surface area contributed by atoms with Crippen LogP contribution in [0.1, 0.15) is 19.8 Å². The lowest BCUT2D eigenvalue weighted by molar-refractivity contribution is 0.373. The third-order valence-corrected chi connectivity index (χ3v) is 1.59. The summed E-state index contributed by atoms with van der Waals surface area (Å²) in [6, 6.07) is 0. The van der Waals surface area contributed by atoms with Gasteiger partial charge in [0.2, 0.25) is 0 Å². The Hall–Kier alpha value is -0.660. The predicted octanol–water partition coefficient (Wildman–Crippen LogP) is 1.62. The Kier molecular flexibility index (Phi) is 2.60. The largest absolute Gasteiger partial charge is 0.356 e. The minimum absolute atomic E-state index is 1.15. The van der Waals surface area contributed by atoms with E-state index in [2.05, 4.69) is 35.8 Å². The maximum Gasteiger partial charge on any atom is 0.141 e. The minimum atomic E-state index is 1.15. The lowest BCUT2D eigenvalue weighted by atomic mass is 10.3. The van der Waals surface area contributed by atoms with E-state index >= 15 is 0 Å². The molecule has 0 atom stereocenters. The van der Waals surface area contributed by atoms with Crippen molar-refractivity contribution in [2.45, 2.75) is 19.8 Å². The molecule has 57 valence electrons. The van der Waals surface area contributed by atoms with Crippen molar-refractivity contribution in [2.24, 2.45) is 0 Å². The first kappa shape index (κ1) is 7.45. The molecular formula is C8H15N2. The predicted molar refractivity (Wildman–Crippen MR) is 42.8 cm³/mol. The van der Waals surface area contributed by atoms with Crippen molar-refractivity contribution in [1.29, 1.82) is 0 Å². The van der Waals surface area contributed by atoms with Crippen molar-refractivity contribution in [3.05, 3.63) is 19.1 Å². The molecule has 0 saturated carbocycles. The van der Waals surface area contributed by atoms with Crippen LogP contribution in [0.2, 0.25) is 0 Å². The van der Waals surface area contributed by atoms with E-state index in [9.17, 15) is 0 Å². The van der Waals surface area contributed by atoms with E-state index in [0.717, 1.165) is 6.54 Å². The molecule has 10 heavy (non-hydrogen) atoms. The highest BCUT2D eigenvalue weighted by molar-refractivity contribution is 4.94. The van der Waals surface area contributed by atoms with Crippen molar-refractivity contribution in [3.63, 3.8) is 0 Å². The highest BCUT2D eigenvalue weighted by Crippen LogP contribution is 2.08. The van der Waals surface area contributed by atoms with Gasteiger partial charge in [-0.2, -0.15) is 0 Å². The van der Waals surface area contributed by atoms with Crippen LogP contribution >= 0.6 is 0 Å². The fraction of sp³-hybridized carbons (Fsp3) is 0.625. The Morgan fingerprint density at radius 2 is 2.10 bits per heavy atom. The van der Waals surface area contributed by atoms with Gasteiger partial charge in [-0.3, -0.25) is 0 Å². The molecule has 0 bridgehead atoms. The quantitative estimate of drug-likeness (QED) is 0.586. The second-order valence-corrected chi connectivity index (χ2v) is 2.67. The van der Waals surface area contributed by atoms with Crippen LogP contribution < -0.4 is 0 Å². The van der Waals surface area contributed by atoms with Crippen LogP contribution in [0, 0.1) is 6.67 Å². The molecule has 0 spiro atoms. The van der Waals surface area contributed by atoms with Crippen molar-refractivity contribution >= 4 is 0 Å². The SMILES string of the molecule is CCCCN1[CH]N(C)C=C1. The van der Waals surface area contributed by atoms with Gasteiger partial charge in [0.05, 0.1) is 0 Å². The molecule has 2 nitrogen and oxygen atoms in total. The van der Waals surface area contributed by atoms with E-state index in [1.54, 1.807) is 0 Å². The van der Waals surface area contributed by atoms with Crippen LogP contribution in [0.15, 0.2) is 12.4 Å². The normalized spacial score (nSPS) is 17.0. The van der Waals surface area contributed by atoms with Gasteiger partial charge >= 0.3 is 0 Å². The van der Waals surface area contributed by atoms with Crippen LogP contribution in [0.3, 0.4) is 0 Å². The summed E-state index contributed by atoms with van der Waals surface area (Å²) in [5.74, 6) is 0. The summed E-state index contributed by atoms with van der Waals surface area (Å²) in [6.07, 6.45) is 6.71. The van der Waals surface area contributed by atoms with Crippen molar-refractivity contribution in [1.82, 2.24) is 9.80 Å². The van der Waals surface area contributed by atoms with Gasteiger partial charge in [0.25, 0.3) is 0 Å². The third kappa shape index (κ3) is 1.94. The second-order valence-electron chi connectivity index (χ2n) is 2.67. The fourth-order valence-corrected chi connectivity index (χ4v) is 0.975. The molecule has 1 heterocycles. The first-order chi connectivity index (χ1) is 4.83. The summed E-state index contributed by atoms with van der Waals surface area (Å²) >= 11 is 0. The van der Waals surface area contributed by atoms with Crippen LogP contribution in [0.25, 0.3) is 0 Å². The summed E-state index contributed by atoms with van der Waals surface area (Å²) in [5.41, 5.74) is 0. The maximum atomic E-state index is 2.21. The zero-order valence-corrected chi connectivity index (χ0v) is 6.75. The molecule has 1 aliphatic heterocycles. The molecular weight excluding hydrogens is 124 g/mol. The molecule has 1 rings (SSSR count). The molecule has 0 aromatic carbocycles. The van der Waals surface area contributed by atoms with E-state index in [1.165, 1.54) is 12.8 Å². The number of hydrogen-bond acceptors (Lipinski definition) is 2. The van der Waals surface area contributed by atoms with Crippen molar-refractivity contribution < 1.29 is 0 Å². The standard InChI is InChI=1S/C8H15N2/c1-3-4-5-10-7-6-9(2)8-10/h6-8H,3-5H2,1-2H3. The molecule has 0 fully saturated rings. The second kappa shape index (κ2) is 3.49. The average molecular weight is 139 g/mol. The van der Waals surface area contributed by atoms with E-state index in [1.807, 2.05) is 7.05 Å². The molecule has 1 aliphatic rings. The summed E-state index contributed by atoms with van der Waals surface area (Å²) in [4.78, 5) is 4.28. The molecule has 0 amide bonds. The van der Waals surface area contributed by atoms with E-state index in [0.29, 0.717) is 0 Å². The van der Waals surface area contributed by atoms with Crippen LogP contribution in [-0.4, -0.2) is 23.4 Å². The molecule has 0 N–H and O–H groups in total. The number of hydrogen-bond donors (Lipinski definition) is 0. The summed E-state index contributed by atoms with van der Waals surface area (Å²) < 4.78 is 0. The number of nitrogens with zero attached hydrogens (tertiary/aromatic N) is 2. The van der Waals surface area contributed by atoms with Gasteiger partial charge in [-0.05, 0) is 6.42 Å². The molecule has 1 radical (unpaired) electrons. The zero-order valence-electron chi connectivity index (χ0n) is 6.75. The van der Waals surface area contributed by atoms with Gasteiger partial charge in [-0.25, -0.2) is 0 Å². The van der Waals surface area contributed by atoms with Crippen molar-refractivity contribution in [3.8, 4) is 0 Å². The van der Waals surface area contributed by atoms with Gasteiger partial charge in [0.1, 0.15) is 6.67 Å². The van der Waals surface area contributed by atoms with Gasteiger partial charge in [-0.1, -0.05) is 13.3 Å². The van der Waals surface area contributed by atoms with Crippen molar-refractivity contribution in [2.75, 3.05) is 13.6 Å². The molecule has 2 heteroatoms. The van der Waals surface area contributed by atoms with Gasteiger partial charge in [0.15, 0.2) is 0 Å². The van der Waals surface area contributed by atoms with E-state index < -0.39 is 0 Å². The lowest BCUT2D eigenvalue weighted by Gasteiger charge is -2.15. The van der Waals surface area contributed by atoms with E-state index in [-0.39, 0.29) is 0 Å². The minimum Gasteiger partial charge on any atom is -0.356 e. The number of rotatable bonds is 3. The molecule has 0 unspecified atom stereocenters. The Morgan fingerprint density at radius 3 is 2.60 bits per heavy atom. The Labute approximate surface area is 63.1 Å². The van der Waals surface area contributed by atoms with Crippen LogP contribution in [-0.2, 0) is 0 Å². The fourth-order valence-electron chi connectivity index (χ4n) is 0.975. The zero-order chi connectivity index (χ0) is 7.40. The topological polar surface area (TPSA) is 6.48 Å². The molecule has 0 saturated heterocycles. The average Bonchev–Trinajstić information content (AvgIpc) is 2.31. The Morgan fingerprint density at radius 1 is 1.30 bits per heavy atom.